The average Bonchev–Trinajstić information content (AvgIpc) is 2.47. The van der Waals surface area contributed by atoms with Crippen molar-refractivity contribution in [3.63, 3.8) is 0 Å². The molecular weight excluding hydrogens is 158 g/mol. The smallest absolute Gasteiger partial charge is 0.330 e. The Bertz CT molecular complexity index is 293. The summed E-state index contributed by atoms with van der Waals surface area (Å²) in [7, 11) is 1.74. The zero-order valence-electron chi connectivity index (χ0n) is 6.73. The first-order chi connectivity index (χ1) is 5.72. The number of aryl methyl sites for hydroxylation is 1. The van der Waals surface area contributed by atoms with Crippen LogP contribution in [0.5, 0.6) is 0 Å². The molecule has 0 aliphatic carbocycles. The van der Waals surface area contributed by atoms with Crippen LogP contribution in [-0.2, 0) is 23.2 Å². The third kappa shape index (κ3) is 2.19. The van der Waals surface area contributed by atoms with E-state index in [1.54, 1.807) is 13.2 Å². The van der Waals surface area contributed by atoms with E-state index in [0.29, 0.717) is 5.69 Å². The first-order valence-electron chi connectivity index (χ1n) is 3.37. The average molecular weight is 167 g/mol. The Balaban J connectivity index is 2.43. The predicted molar refractivity (Wildman–Crippen MR) is 41.0 cm³/mol. The molecule has 1 rings (SSSR count). The summed E-state index contributed by atoms with van der Waals surface area (Å²) in [5, 5.41) is 7.39. The highest BCUT2D eigenvalue weighted by Gasteiger charge is 2.00. The van der Waals surface area contributed by atoms with E-state index in [9.17, 15) is 4.79 Å². The standard InChI is InChI=1S/C7H9N3O2/c1-3-7(11)12-5-6-4-10(2)9-8-6/h3-4H,1,5H2,2H3. The first kappa shape index (κ1) is 8.45. The van der Waals surface area contributed by atoms with Crippen molar-refractivity contribution in [1.82, 2.24) is 15.0 Å². The number of hydrogen-bond acceptors (Lipinski definition) is 4. The van der Waals surface area contributed by atoms with Gasteiger partial charge in [-0.15, -0.1) is 5.10 Å². The number of aromatic nitrogens is 3. The lowest BCUT2D eigenvalue weighted by Gasteiger charge is -1.95. The van der Waals surface area contributed by atoms with Crippen molar-refractivity contribution in [1.29, 1.82) is 0 Å². The third-order valence-electron chi connectivity index (χ3n) is 1.18. The summed E-state index contributed by atoms with van der Waals surface area (Å²) >= 11 is 0. The first-order valence-corrected chi connectivity index (χ1v) is 3.37. The maximum Gasteiger partial charge on any atom is 0.330 e. The van der Waals surface area contributed by atoms with Gasteiger partial charge in [-0.3, -0.25) is 4.68 Å². The molecule has 0 spiro atoms. The number of carbonyl (C=O) groups excluding carboxylic acids is 1. The maximum atomic E-state index is 10.6. The molecule has 1 aromatic heterocycles. The van der Waals surface area contributed by atoms with Crippen molar-refractivity contribution in [3.05, 3.63) is 24.5 Å². The Kier molecular flexibility index (Phi) is 2.57. The van der Waals surface area contributed by atoms with Crippen LogP contribution in [0.3, 0.4) is 0 Å². The lowest BCUT2D eigenvalue weighted by atomic mass is 10.5. The summed E-state index contributed by atoms with van der Waals surface area (Å²) < 4.78 is 6.26. The van der Waals surface area contributed by atoms with Gasteiger partial charge in [-0.05, 0) is 0 Å². The van der Waals surface area contributed by atoms with E-state index < -0.39 is 5.97 Å². The second-order valence-electron chi connectivity index (χ2n) is 2.20. The summed E-state index contributed by atoms with van der Waals surface area (Å²) in [6, 6.07) is 0. The number of hydrogen-bond donors (Lipinski definition) is 0. The summed E-state index contributed by atoms with van der Waals surface area (Å²) in [5.41, 5.74) is 0.618. The summed E-state index contributed by atoms with van der Waals surface area (Å²) in [6.07, 6.45) is 2.78. The van der Waals surface area contributed by atoms with Gasteiger partial charge in [-0.25, -0.2) is 4.79 Å². The number of carbonyl (C=O) groups is 1. The predicted octanol–water partition coefficient (Wildman–Crippen LogP) is 0.0443. The molecule has 1 heterocycles. The summed E-state index contributed by atoms with van der Waals surface area (Å²) in [4.78, 5) is 10.6. The minimum Gasteiger partial charge on any atom is -0.456 e. The van der Waals surface area contributed by atoms with Crippen LogP contribution >= 0.6 is 0 Å². The van der Waals surface area contributed by atoms with Crippen molar-refractivity contribution in [2.24, 2.45) is 7.05 Å². The fraction of sp³-hybridized carbons (Fsp3) is 0.286. The Morgan fingerprint density at radius 1 is 1.92 bits per heavy atom. The van der Waals surface area contributed by atoms with Crippen LogP contribution in [0.4, 0.5) is 0 Å². The van der Waals surface area contributed by atoms with Gasteiger partial charge in [0.1, 0.15) is 12.3 Å². The van der Waals surface area contributed by atoms with Gasteiger partial charge in [-0.2, -0.15) is 0 Å². The van der Waals surface area contributed by atoms with Gasteiger partial charge in [-0.1, -0.05) is 11.8 Å². The zero-order chi connectivity index (χ0) is 8.97. The van der Waals surface area contributed by atoms with E-state index in [-0.39, 0.29) is 6.61 Å². The van der Waals surface area contributed by atoms with E-state index in [2.05, 4.69) is 16.9 Å². The molecule has 0 saturated heterocycles. The van der Waals surface area contributed by atoms with Crippen molar-refractivity contribution in [3.8, 4) is 0 Å². The monoisotopic (exact) mass is 167 g/mol. The Hall–Kier alpha value is -1.65. The topological polar surface area (TPSA) is 57.0 Å². The summed E-state index contributed by atoms with van der Waals surface area (Å²) in [6.45, 7) is 3.40. The maximum absolute atomic E-state index is 10.6. The number of esters is 1. The number of rotatable bonds is 3. The van der Waals surface area contributed by atoms with Crippen molar-refractivity contribution in [2.45, 2.75) is 6.61 Å². The molecule has 0 aliphatic rings. The molecule has 0 radical (unpaired) electrons. The van der Waals surface area contributed by atoms with Crippen LogP contribution in [0.2, 0.25) is 0 Å². The van der Waals surface area contributed by atoms with Crippen molar-refractivity contribution in [2.75, 3.05) is 0 Å². The molecule has 64 valence electrons. The molecule has 5 heteroatoms. The fourth-order valence-electron chi connectivity index (χ4n) is 0.665. The van der Waals surface area contributed by atoms with E-state index in [0.717, 1.165) is 6.08 Å². The van der Waals surface area contributed by atoms with Crippen molar-refractivity contribution < 1.29 is 9.53 Å². The van der Waals surface area contributed by atoms with Crippen LogP contribution in [0.1, 0.15) is 5.69 Å². The highest BCUT2D eigenvalue weighted by atomic mass is 16.5. The zero-order valence-corrected chi connectivity index (χ0v) is 6.73. The minimum absolute atomic E-state index is 0.138. The third-order valence-corrected chi connectivity index (χ3v) is 1.18. The molecule has 0 aromatic carbocycles. The van der Waals surface area contributed by atoms with Gasteiger partial charge in [0.2, 0.25) is 0 Å². The Morgan fingerprint density at radius 3 is 3.17 bits per heavy atom. The molecule has 12 heavy (non-hydrogen) atoms. The lowest BCUT2D eigenvalue weighted by molar-refractivity contribution is -0.139. The largest absolute Gasteiger partial charge is 0.456 e. The van der Waals surface area contributed by atoms with E-state index in [4.69, 9.17) is 4.74 Å². The van der Waals surface area contributed by atoms with Gasteiger partial charge in [0.15, 0.2) is 0 Å². The molecule has 0 N–H and O–H groups in total. The van der Waals surface area contributed by atoms with Gasteiger partial charge in [0, 0.05) is 13.1 Å². The van der Waals surface area contributed by atoms with Crippen LogP contribution < -0.4 is 0 Å². The van der Waals surface area contributed by atoms with E-state index >= 15 is 0 Å². The fourth-order valence-corrected chi connectivity index (χ4v) is 0.665. The SMILES string of the molecule is C=CC(=O)OCc1cn(C)nn1. The van der Waals surface area contributed by atoms with E-state index in [1.807, 2.05) is 0 Å². The Labute approximate surface area is 69.6 Å². The van der Waals surface area contributed by atoms with Gasteiger partial charge < -0.3 is 4.74 Å². The molecule has 0 unspecified atom stereocenters. The molecule has 0 amide bonds. The molecular formula is C7H9N3O2. The minimum atomic E-state index is -0.458. The highest BCUT2D eigenvalue weighted by Crippen LogP contribution is 1.94. The quantitative estimate of drug-likeness (QED) is 0.471. The van der Waals surface area contributed by atoms with E-state index in [1.165, 1.54) is 4.68 Å². The second kappa shape index (κ2) is 3.66. The van der Waals surface area contributed by atoms with Gasteiger partial charge in [0.05, 0.1) is 6.20 Å². The highest BCUT2D eigenvalue weighted by molar-refractivity contribution is 5.81. The number of ether oxygens (including phenoxy) is 1. The number of nitrogens with zero attached hydrogens (tertiary/aromatic N) is 3. The normalized spacial score (nSPS) is 9.42. The van der Waals surface area contributed by atoms with Gasteiger partial charge in [0.25, 0.3) is 0 Å². The lowest BCUT2D eigenvalue weighted by Crippen LogP contribution is -2.00. The molecule has 0 fully saturated rings. The molecule has 0 atom stereocenters. The van der Waals surface area contributed by atoms with Crippen LogP contribution in [0.25, 0.3) is 0 Å². The second-order valence-corrected chi connectivity index (χ2v) is 2.20. The van der Waals surface area contributed by atoms with Crippen LogP contribution in [0, 0.1) is 0 Å². The molecule has 0 aliphatic heterocycles. The summed E-state index contributed by atoms with van der Waals surface area (Å²) in [5.74, 6) is -0.458. The molecule has 5 nitrogen and oxygen atoms in total. The molecule has 0 saturated carbocycles. The molecule has 0 bridgehead atoms. The van der Waals surface area contributed by atoms with Gasteiger partial charge >= 0.3 is 5.97 Å². The van der Waals surface area contributed by atoms with Crippen LogP contribution in [-0.4, -0.2) is 21.0 Å². The van der Waals surface area contributed by atoms with Crippen LogP contribution in [0.15, 0.2) is 18.9 Å². The molecule has 1 aromatic rings. The Morgan fingerprint density at radius 2 is 2.67 bits per heavy atom. The van der Waals surface area contributed by atoms with Crippen molar-refractivity contribution >= 4 is 5.97 Å².